The summed E-state index contributed by atoms with van der Waals surface area (Å²) in [6, 6.07) is 13.0. The van der Waals surface area contributed by atoms with E-state index < -0.39 is 11.9 Å². The first-order valence-corrected chi connectivity index (χ1v) is 8.96. The summed E-state index contributed by atoms with van der Waals surface area (Å²) >= 11 is 0. The van der Waals surface area contributed by atoms with Crippen molar-refractivity contribution in [2.45, 2.75) is 18.9 Å². The number of hydrogen-bond donors (Lipinski definition) is 1. The largest absolute Gasteiger partial charge is 0.497 e. The number of methoxy groups -OCH3 is 1. The van der Waals surface area contributed by atoms with Crippen LogP contribution in [0.15, 0.2) is 42.5 Å². The molecule has 0 aromatic heterocycles. The van der Waals surface area contributed by atoms with Gasteiger partial charge in [-0.15, -0.1) is 0 Å². The lowest BCUT2D eigenvalue weighted by Gasteiger charge is -2.36. The van der Waals surface area contributed by atoms with E-state index in [0.717, 1.165) is 28.2 Å². The molecular weight excluding hydrogens is 346 g/mol. The van der Waals surface area contributed by atoms with Crippen LogP contribution in [0, 0.1) is 5.92 Å². The Bertz CT molecular complexity index is 894. The molecule has 1 amide bonds. The van der Waals surface area contributed by atoms with E-state index >= 15 is 0 Å². The van der Waals surface area contributed by atoms with Gasteiger partial charge in [-0.05, 0) is 41.3 Å². The van der Waals surface area contributed by atoms with E-state index in [2.05, 4.69) is 0 Å². The van der Waals surface area contributed by atoms with Gasteiger partial charge < -0.3 is 19.5 Å². The molecule has 2 unspecified atom stereocenters. The zero-order valence-electron chi connectivity index (χ0n) is 15.1. The molecule has 2 atom stereocenters. The fourth-order valence-corrected chi connectivity index (χ4v) is 3.90. The zero-order valence-corrected chi connectivity index (χ0v) is 15.1. The minimum Gasteiger partial charge on any atom is -0.497 e. The third kappa shape index (κ3) is 3.23. The molecule has 6 heteroatoms. The number of aliphatic carboxylic acids is 1. The molecule has 2 aliphatic rings. The third-order valence-corrected chi connectivity index (χ3v) is 5.33. The lowest BCUT2D eigenvalue weighted by atomic mass is 9.88. The molecule has 27 heavy (non-hydrogen) atoms. The van der Waals surface area contributed by atoms with Crippen molar-refractivity contribution in [1.29, 1.82) is 0 Å². The van der Waals surface area contributed by atoms with Gasteiger partial charge >= 0.3 is 5.97 Å². The minimum atomic E-state index is -0.907. The summed E-state index contributed by atoms with van der Waals surface area (Å²) < 4.78 is 11.0. The molecule has 4 rings (SSSR count). The van der Waals surface area contributed by atoms with Crippen molar-refractivity contribution in [1.82, 2.24) is 4.90 Å². The van der Waals surface area contributed by atoms with Gasteiger partial charge in [0.1, 0.15) is 18.1 Å². The molecule has 2 heterocycles. The first-order valence-electron chi connectivity index (χ1n) is 8.96. The average Bonchev–Trinajstić information content (AvgIpc) is 2.71. The second kappa shape index (κ2) is 6.95. The van der Waals surface area contributed by atoms with Crippen molar-refractivity contribution >= 4 is 11.9 Å². The Morgan fingerprint density at radius 3 is 2.78 bits per heavy atom. The molecule has 0 bridgehead atoms. The number of carboxylic acid groups (broad SMARTS) is 1. The molecule has 140 valence electrons. The predicted molar refractivity (Wildman–Crippen MR) is 97.9 cm³/mol. The van der Waals surface area contributed by atoms with Crippen molar-refractivity contribution in [2.24, 2.45) is 5.92 Å². The molecule has 2 aromatic rings. The van der Waals surface area contributed by atoms with Crippen LogP contribution in [0.1, 0.15) is 22.6 Å². The van der Waals surface area contributed by atoms with Gasteiger partial charge in [0.25, 0.3) is 0 Å². The summed E-state index contributed by atoms with van der Waals surface area (Å²) in [7, 11) is 1.60. The number of rotatable bonds is 3. The Morgan fingerprint density at radius 2 is 2.00 bits per heavy atom. The second-order valence-electron chi connectivity index (χ2n) is 6.99. The summed E-state index contributed by atoms with van der Waals surface area (Å²) in [5.74, 6) is -0.505. The van der Waals surface area contributed by atoms with Crippen LogP contribution in [0.4, 0.5) is 0 Å². The molecule has 0 fully saturated rings. The smallest absolute Gasteiger partial charge is 0.312 e. The predicted octanol–water partition coefficient (Wildman–Crippen LogP) is 2.46. The standard InChI is InChI=1S/C21H21NO5/c1-26-16-6-7-19-14(9-16)8-15(12-27-19)20(23)22-10-13-4-2-3-5-17(13)18(11-22)21(24)25/h2-7,9,15,18H,8,10-12H2,1H3,(H,24,25). The first kappa shape index (κ1) is 17.4. The lowest BCUT2D eigenvalue weighted by Crippen LogP contribution is -2.45. The van der Waals surface area contributed by atoms with E-state index in [9.17, 15) is 14.7 Å². The highest BCUT2D eigenvalue weighted by Gasteiger charge is 2.36. The van der Waals surface area contributed by atoms with Crippen LogP contribution in [0.2, 0.25) is 0 Å². The number of amides is 1. The summed E-state index contributed by atoms with van der Waals surface area (Å²) in [6.45, 7) is 0.918. The Hall–Kier alpha value is -3.02. The van der Waals surface area contributed by atoms with Crippen LogP contribution >= 0.6 is 0 Å². The number of carboxylic acids is 1. The third-order valence-electron chi connectivity index (χ3n) is 5.33. The number of hydrogen-bond acceptors (Lipinski definition) is 4. The number of benzene rings is 2. The summed E-state index contributed by atoms with van der Waals surface area (Å²) in [4.78, 5) is 26.5. The van der Waals surface area contributed by atoms with Gasteiger partial charge in [0.2, 0.25) is 5.91 Å². The highest BCUT2D eigenvalue weighted by molar-refractivity contribution is 5.83. The monoisotopic (exact) mass is 367 g/mol. The van der Waals surface area contributed by atoms with Crippen LogP contribution in [-0.2, 0) is 22.6 Å². The molecular formula is C21H21NO5. The van der Waals surface area contributed by atoms with Gasteiger partial charge in [0, 0.05) is 13.1 Å². The molecule has 0 aliphatic carbocycles. The fourth-order valence-electron chi connectivity index (χ4n) is 3.90. The molecule has 0 radical (unpaired) electrons. The van der Waals surface area contributed by atoms with Gasteiger partial charge in [0.15, 0.2) is 0 Å². The van der Waals surface area contributed by atoms with Crippen LogP contribution in [0.5, 0.6) is 11.5 Å². The second-order valence-corrected chi connectivity index (χ2v) is 6.99. The quantitative estimate of drug-likeness (QED) is 0.902. The highest BCUT2D eigenvalue weighted by Crippen LogP contribution is 2.34. The maximum Gasteiger partial charge on any atom is 0.312 e. The van der Waals surface area contributed by atoms with E-state index in [1.165, 1.54) is 0 Å². The maximum absolute atomic E-state index is 13.1. The molecule has 2 aromatic carbocycles. The van der Waals surface area contributed by atoms with Crippen LogP contribution in [-0.4, -0.2) is 42.1 Å². The number of nitrogens with zero attached hydrogens (tertiary/aromatic N) is 1. The van der Waals surface area contributed by atoms with Crippen LogP contribution in [0.25, 0.3) is 0 Å². The van der Waals surface area contributed by atoms with Crippen LogP contribution in [0.3, 0.4) is 0 Å². The summed E-state index contributed by atoms with van der Waals surface area (Å²) in [6.07, 6.45) is 0.557. The van der Waals surface area contributed by atoms with Gasteiger partial charge in [-0.1, -0.05) is 24.3 Å². The summed E-state index contributed by atoms with van der Waals surface area (Å²) in [5.41, 5.74) is 2.62. The Morgan fingerprint density at radius 1 is 1.19 bits per heavy atom. The molecule has 0 spiro atoms. The number of carbonyl (C=O) groups excluding carboxylic acids is 1. The highest BCUT2D eigenvalue weighted by atomic mass is 16.5. The van der Waals surface area contributed by atoms with Gasteiger partial charge in [-0.3, -0.25) is 9.59 Å². The normalized spacial score (nSPS) is 20.9. The fraction of sp³-hybridized carbons (Fsp3) is 0.333. The van der Waals surface area contributed by atoms with E-state index in [4.69, 9.17) is 9.47 Å². The molecule has 6 nitrogen and oxygen atoms in total. The van der Waals surface area contributed by atoms with E-state index in [1.54, 1.807) is 12.0 Å². The molecule has 0 saturated carbocycles. The SMILES string of the molecule is COc1ccc2c(c1)CC(C(=O)N1Cc3ccccc3C(C(=O)O)C1)CO2. The van der Waals surface area contributed by atoms with Gasteiger partial charge in [-0.25, -0.2) is 0 Å². The van der Waals surface area contributed by atoms with Gasteiger partial charge in [-0.2, -0.15) is 0 Å². The topological polar surface area (TPSA) is 76.1 Å². The molecule has 1 N–H and O–H groups in total. The van der Waals surface area contributed by atoms with Crippen molar-refractivity contribution in [2.75, 3.05) is 20.3 Å². The number of carbonyl (C=O) groups is 2. The minimum absolute atomic E-state index is 0.0655. The zero-order chi connectivity index (χ0) is 19.0. The average molecular weight is 367 g/mol. The number of fused-ring (bicyclic) bond motifs is 2. The Kier molecular flexibility index (Phi) is 4.48. The van der Waals surface area contributed by atoms with E-state index in [1.807, 2.05) is 42.5 Å². The van der Waals surface area contributed by atoms with Crippen molar-refractivity contribution < 1.29 is 24.2 Å². The molecule has 2 aliphatic heterocycles. The first-order chi connectivity index (χ1) is 13.1. The van der Waals surface area contributed by atoms with Crippen molar-refractivity contribution in [3.8, 4) is 11.5 Å². The molecule has 0 saturated heterocycles. The van der Waals surface area contributed by atoms with E-state index in [-0.39, 0.29) is 18.4 Å². The Labute approximate surface area is 157 Å². The summed E-state index contributed by atoms with van der Waals surface area (Å²) in [5, 5.41) is 9.61. The van der Waals surface area contributed by atoms with Gasteiger partial charge in [0.05, 0.1) is 18.9 Å². The number of ether oxygens (including phenoxy) is 2. The Balaban J connectivity index is 1.56. The van der Waals surface area contributed by atoms with Crippen LogP contribution < -0.4 is 9.47 Å². The van der Waals surface area contributed by atoms with Crippen molar-refractivity contribution in [3.63, 3.8) is 0 Å². The maximum atomic E-state index is 13.1. The lowest BCUT2D eigenvalue weighted by molar-refractivity contribution is -0.143. The van der Waals surface area contributed by atoms with E-state index in [0.29, 0.717) is 19.6 Å². The van der Waals surface area contributed by atoms with Crippen molar-refractivity contribution in [3.05, 3.63) is 59.2 Å².